The number of amidine groups is 2. The highest BCUT2D eigenvalue weighted by molar-refractivity contribution is 5.98. The van der Waals surface area contributed by atoms with Crippen molar-refractivity contribution in [1.29, 1.82) is 10.8 Å². The number of nitrogens with one attached hydrogen (secondary N) is 3. The largest absolute Gasteiger partial charge is 0.484 e. The molecule has 1 unspecified atom stereocenters. The van der Waals surface area contributed by atoms with Crippen molar-refractivity contribution < 1.29 is 14.3 Å². The Morgan fingerprint density at radius 2 is 2.03 bits per heavy atom. The molecule has 2 aromatic rings. The number of carbonyl (C=O) groups excluding carboxylic acids is 1. The fourth-order valence-electron chi connectivity index (χ4n) is 3.43. The van der Waals surface area contributed by atoms with E-state index in [1.54, 1.807) is 25.1 Å². The van der Waals surface area contributed by atoms with Crippen LogP contribution >= 0.6 is 0 Å². The zero-order valence-electron chi connectivity index (χ0n) is 17.8. The number of hydrogen-bond acceptors (Lipinski definition) is 7. The number of carbonyl (C=O) groups is 1. The number of benzene rings is 1. The van der Waals surface area contributed by atoms with Gasteiger partial charge in [-0.3, -0.25) is 20.5 Å². The Hall–Kier alpha value is -3.46. The quantitative estimate of drug-likeness (QED) is 0.393. The summed E-state index contributed by atoms with van der Waals surface area (Å²) in [5.41, 5.74) is 2.26. The van der Waals surface area contributed by atoms with E-state index in [1.807, 2.05) is 12.1 Å². The lowest BCUT2D eigenvalue weighted by Crippen LogP contribution is -2.51. The van der Waals surface area contributed by atoms with Crippen LogP contribution in [0.4, 0.5) is 0 Å². The molecule has 2 aliphatic rings. The lowest BCUT2D eigenvalue weighted by atomic mass is 10.1. The number of fused-ring (bicyclic) bond motifs is 1. The molecule has 31 heavy (non-hydrogen) atoms. The van der Waals surface area contributed by atoms with Gasteiger partial charge >= 0.3 is 0 Å². The molecule has 1 fully saturated rings. The molecule has 1 aromatic heterocycles. The molecule has 1 amide bonds. The fourth-order valence-corrected chi connectivity index (χ4v) is 3.43. The fraction of sp³-hybridized carbons (Fsp3) is 0.364. The molecule has 0 bridgehead atoms. The molecule has 0 saturated carbocycles. The summed E-state index contributed by atoms with van der Waals surface area (Å²) in [6, 6.07) is 12.0. The van der Waals surface area contributed by atoms with Crippen molar-refractivity contribution in [2.75, 3.05) is 33.3 Å². The minimum Gasteiger partial charge on any atom is -0.484 e. The Kier molecular flexibility index (Phi) is 7.55. The number of nitrogens with zero attached hydrogens (tertiary/aromatic N) is 3. The maximum absolute atomic E-state index is 9.06. The van der Waals surface area contributed by atoms with Crippen molar-refractivity contribution >= 4 is 18.1 Å². The Morgan fingerprint density at radius 3 is 2.68 bits per heavy atom. The molecule has 0 aliphatic carbocycles. The highest BCUT2D eigenvalue weighted by atomic mass is 16.6. The van der Waals surface area contributed by atoms with E-state index in [1.165, 1.54) is 5.56 Å². The van der Waals surface area contributed by atoms with Gasteiger partial charge in [0.2, 0.25) is 6.41 Å². The third-order valence-corrected chi connectivity index (χ3v) is 5.00. The topological polar surface area (TPSA) is 115 Å². The summed E-state index contributed by atoms with van der Waals surface area (Å²) in [5, 5.41) is 18.1. The molecule has 0 radical (unpaired) electrons. The highest BCUT2D eigenvalue weighted by Gasteiger charge is 2.24. The maximum Gasteiger partial charge on any atom is 0.257 e. The van der Waals surface area contributed by atoms with E-state index in [4.69, 9.17) is 25.1 Å². The minimum atomic E-state index is -0.159. The van der Waals surface area contributed by atoms with Gasteiger partial charge in [0.1, 0.15) is 12.4 Å². The molecule has 4 rings (SSSR count). The van der Waals surface area contributed by atoms with E-state index in [2.05, 4.69) is 39.5 Å². The lowest BCUT2D eigenvalue weighted by molar-refractivity contribution is -0.109. The van der Waals surface area contributed by atoms with Crippen molar-refractivity contribution in [3.05, 3.63) is 53.7 Å². The Balaban J connectivity index is 0.000000628. The number of amides is 1. The van der Waals surface area contributed by atoms with Gasteiger partial charge in [-0.1, -0.05) is 24.3 Å². The van der Waals surface area contributed by atoms with E-state index in [9.17, 15) is 0 Å². The smallest absolute Gasteiger partial charge is 0.257 e. The van der Waals surface area contributed by atoms with Crippen LogP contribution in [0.1, 0.15) is 24.2 Å². The summed E-state index contributed by atoms with van der Waals surface area (Å²) < 4.78 is 11.7. The first-order chi connectivity index (χ1) is 15.0. The second kappa shape index (κ2) is 10.5. The standard InChI is InChI=1S/C20H23N5O2.C2H5NO/c1-14(21)25-10-9-24(12-19(25)22)11-15-4-6-16(7-5-15)18-13-26-17-3-2-8-23-20(17)27-18;1-3-2-4/h2-8,18,21-22H,9-13H2,1H3;2H,1H3,(H,3,4). The molecule has 2 aliphatic heterocycles. The third kappa shape index (κ3) is 5.79. The number of pyridine rings is 1. The van der Waals surface area contributed by atoms with E-state index < -0.39 is 0 Å². The van der Waals surface area contributed by atoms with Crippen LogP contribution in [0.3, 0.4) is 0 Å². The van der Waals surface area contributed by atoms with Gasteiger partial charge in [0.15, 0.2) is 11.9 Å². The summed E-state index contributed by atoms with van der Waals surface area (Å²) in [4.78, 5) is 17.3. The van der Waals surface area contributed by atoms with Gasteiger partial charge < -0.3 is 19.7 Å². The Labute approximate surface area is 182 Å². The van der Waals surface area contributed by atoms with Crippen molar-refractivity contribution in [2.24, 2.45) is 0 Å². The van der Waals surface area contributed by atoms with E-state index in [0.717, 1.165) is 18.7 Å². The molecule has 1 saturated heterocycles. The van der Waals surface area contributed by atoms with Crippen LogP contribution in [-0.2, 0) is 11.3 Å². The van der Waals surface area contributed by atoms with Crippen LogP contribution in [0.15, 0.2) is 42.6 Å². The van der Waals surface area contributed by atoms with Crippen LogP contribution < -0.4 is 14.8 Å². The molecule has 1 aromatic carbocycles. The molecule has 164 valence electrons. The van der Waals surface area contributed by atoms with Gasteiger partial charge in [0.05, 0.1) is 12.4 Å². The number of piperazine rings is 1. The normalized spacial score (nSPS) is 17.9. The lowest BCUT2D eigenvalue weighted by Gasteiger charge is -2.35. The first-order valence-electron chi connectivity index (χ1n) is 10.1. The Morgan fingerprint density at radius 1 is 1.29 bits per heavy atom. The molecule has 9 nitrogen and oxygen atoms in total. The SMILES string of the molecule is CC(=N)N1CCN(Cc2ccc(C3COc4cccnc4O3)cc2)CC1=N.CNC=O. The van der Waals surface area contributed by atoms with Crippen LogP contribution in [0, 0.1) is 10.8 Å². The minimum absolute atomic E-state index is 0.159. The highest BCUT2D eigenvalue weighted by Crippen LogP contribution is 2.33. The number of rotatable bonds is 4. The zero-order chi connectivity index (χ0) is 22.2. The second-order valence-electron chi connectivity index (χ2n) is 7.27. The average Bonchev–Trinajstić information content (AvgIpc) is 2.79. The van der Waals surface area contributed by atoms with E-state index in [0.29, 0.717) is 49.4 Å². The molecule has 1 atom stereocenters. The first kappa shape index (κ1) is 22.2. The molecular weight excluding hydrogens is 396 g/mol. The van der Waals surface area contributed by atoms with Gasteiger partial charge in [0.25, 0.3) is 5.88 Å². The van der Waals surface area contributed by atoms with Crippen molar-refractivity contribution in [3.8, 4) is 11.6 Å². The number of aromatic nitrogens is 1. The predicted molar refractivity (Wildman–Crippen MR) is 118 cm³/mol. The molecular formula is C22H28N6O3. The molecule has 9 heteroatoms. The van der Waals surface area contributed by atoms with Gasteiger partial charge in [-0.25, -0.2) is 4.98 Å². The molecule has 3 heterocycles. The second-order valence-corrected chi connectivity index (χ2v) is 7.27. The summed E-state index contributed by atoms with van der Waals surface area (Å²) in [6.45, 7) is 5.11. The van der Waals surface area contributed by atoms with Crippen molar-refractivity contribution in [3.63, 3.8) is 0 Å². The number of hydrogen-bond donors (Lipinski definition) is 3. The van der Waals surface area contributed by atoms with Crippen LogP contribution in [0.25, 0.3) is 0 Å². The van der Waals surface area contributed by atoms with Crippen LogP contribution in [0.5, 0.6) is 11.6 Å². The van der Waals surface area contributed by atoms with Gasteiger partial charge in [0, 0.05) is 32.9 Å². The van der Waals surface area contributed by atoms with E-state index in [-0.39, 0.29) is 6.10 Å². The van der Waals surface area contributed by atoms with E-state index >= 15 is 0 Å². The Bertz CT molecular complexity index is 918. The van der Waals surface area contributed by atoms with Gasteiger partial charge in [-0.15, -0.1) is 0 Å². The third-order valence-electron chi connectivity index (χ3n) is 5.00. The molecule has 3 N–H and O–H groups in total. The zero-order valence-corrected chi connectivity index (χ0v) is 17.8. The summed E-state index contributed by atoms with van der Waals surface area (Å²) in [7, 11) is 1.56. The first-order valence-corrected chi connectivity index (χ1v) is 10.1. The molecule has 0 spiro atoms. The summed E-state index contributed by atoms with van der Waals surface area (Å²) in [6.07, 6.45) is 2.17. The monoisotopic (exact) mass is 424 g/mol. The maximum atomic E-state index is 9.06. The van der Waals surface area contributed by atoms with Crippen molar-refractivity contribution in [2.45, 2.75) is 19.6 Å². The predicted octanol–water partition coefficient (Wildman–Crippen LogP) is 2.05. The number of ether oxygens (including phenoxy) is 2. The summed E-state index contributed by atoms with van der Waals surface area (Å²) >= 11 is 0. The average molecular weight is 425 g/mol. The summed E-state index contributed by atoms with van der Waals surface area (Å²) in [5.74, 6) is 2.15. The van der Waals surface area contributed by atoms with Gasteiger partial charge in [-0.2, -0.15) is 0 Å². The van der Waals surface area contributed by atoms with Gasteiger partial charge in [-0.05, 0) is 30.2 Å². The van der Waals surface area contributed by atoms with Crippen molar-refractivity contribution in [1.82, 2.24) is 20.1 Å². The van der Waals surface area contributed by atoms with Crippen LogP contribution in [0.2, 0.25) is 0 Å². The van der Waals surface area contributed by atoms with Crippen LogP contribution in [-0.4, -0.2) is 66.2 Å².